The van der Waals surface area contributed by atoms with Gasteiger partial charge in [0.25, 0.3) is 0 Å². The molecule has 0 saturated heterocycles. The molecule has 96 valence electrons. The maximum atomic E-state index is 5.88. The van der Waals surface area contributed by atoms with Crippen molar-refractivity contribution in [2.24, 2.45) is 11.7 Å². The summed E-state index contributed by atoms with van der Waals surface area (Å²) in [6.45, 7) is 5.81. The molecule has 2 heteroatoms. The third-order valence-electron chi connectivity index (χ3n) is 3.61. The molecule has 0 aromatic carbocycles. The van der Waals surface area contributed by atoms with Crippen LogP contribution >= 0.6 is 0 Å². The van der Waals surface area contributed by atoms with Crippen LogP contribution in [-0.4, -0.2) is 18.6 Å². The number of nitrogens with one attached hydrogen (secondary N) is 1. The Morgan fingerprint density at radius 2 is 1.88 bits per heavy atom. The van der Waals surface area contributed by atoms with Gasteiger partial charge in [-0.1, -0.05) is 39.5 Å². The van der Waals surface area contributed by atoms with Gasteiger partial charge in [0.2, 0.25) is 0 Å². The fraction of sp³-hybridized carbons (Fsp3) is 1.00. The molecule has 0 aliphatic heterocycles. The van der Waals surface area contributed by atoms with Crippen LogP contribution in [0.4, 0.5) is 0 Å². The van der Waals surface area contributed by atoms with Crippen LogP contribution in [0.5, 0.6) is 0 Å². The fourth-order valence-electron chi connectivity index (χ4n) is 2.54. The molecule has 2 atom stereocenters. The lowest BCUT2D eigenvalue weighted by Crippen LogP contribution is -2.29. The van der Waals surface area contributed by atoms with Gasteiger partial charge < -0.3 is 11.1 Å². The molecule has 0 amide bonds. The first-order valence-electron chi connectivity index (χ1n) is 7.17. The first-order valence-corrected chi connectivity index (χ1v) is 7.17. The second-order valence-corrected chi connectivity index (χ2v) is 5.82. The largest absolute Gasteiger partial charge is 0.328 e. The molecule has 0 spiro atoms. The van der Waals surface area contributed by atoms with Crippen LogP contribution in [0.25, 0.3) is 0 Å². The number of unbranched alkanes of at least 4 members (excludes halogenated alkanes) is 3. The lowest BCUT2D eigenvalue weighted by atomic mass is 10.0. The van der Waals surface area contributed by atoms with E-state index in [9.17, 15) is 0 Å². The van der Waals surface area contributed by atoms with E-state index in [2.05, 4.69) is 19.2 Å². The predicted octanol–water partition coefficient (Wildman–Crippen LogP) is 3.06. The molecule has 1 aliphatic carbocycles. The van der Waals surface area contributed by atoms with Crippen molar-refractivity contribution >= 4 is 0 Å². The van der Waals surface area contributed by atoms with E-state index in [-0.39, 0.29) is 0 Å². The van der Waals surface area contributed by atoms with Gasteiger partial charge in [0.1, 0.15) is 0 Å². The summed E-state index contributed by atoms with van der Waals surface area (Å²) in [5.74, 6) is 0.873. The van der Waals surface area contributed by atoms with Crippen molar-refractivity contribution in [1.82, 2.24) is 5.32 Å². The van der Waals surface area contributed by atoms with Crippen molar-refractivity contribution in [1.29, 1.82) is 0 Å². The highest BCUT2D eigenvalue weighted by Crippen LogP contribution is 2.17. The average molecular weight is 226 g/mol. The van der Waals surface area contributed by atoms with Crippen molar-refractivity contribution in [3.05, 3.63) is 0 Å². The highest BCUT2D eigenvalue weighted by Gasteiger charge is 2.20. The minimum atomic E-state index is 0.462. The topological polar surface area (TPSA) is 38.0 Å². The minimum Gasteiger partial charge on any atom is -0.328 e. The molecule has 0 aromatic rings. The van der Waals surface area contributed by atoms with E-state index in [1.807, 2.05) is 0 Å². The summed E-state index contributed by atoms with van der Waals surface area (Å²) >= 11 is 0. The number of hydrogen-bond donors (Lipinski definition) is 2. The van der Waals surface area contributed by atoms with E-state index in [0.717, 1.165) is 5.92 Å². The van der Waals surface area contributed by atoms with Crippen LogP contribution in [0.2, 0.25) is 0 Å². The first kappa shape index (κ1) is 14.0. The lowest BCUT2D eigenvalue weighted by Gasteiger charge is -2.12. The van der Waals surface area contributed by atoms with Gasteiger partial charge in [0.15, 0.2) is 0 Å². The standard InChI is InChI=1S/C14H30N2/c1-12(2)7-5-3-4-6-10-16-14-9-8-13(15)11-14/h12-14,16H,3-11,15H2,1-2H3. The third kappa shape index (κ3) is 6.49. The molecule has 1 fully saturated rings. The van der Waals surface area contributed by atoms with Gasteiger partial charge in [-0.3, -0.25) is 0 Å². The highest BCUT2D eigenvalue weighted by atomic mass is 14.9. The van der Waals surface area contributed by atoms with Crippen LogP contribution < -0.4 is 11.1 Å². The molecule has 1 rings (SSSR count). The molecule has 2 unspecified atom stereocenters. The monoisotopic (exact) mass is 226 g/mol. The maximum absolute atomic E-state index is 5.88. The van der Waals surface area contributed by atoms with Crippen LogP contribution in [0.15, 0.2) is 0 Å². The maximum Gasteiger partial charge on any atom is 0.00823 e. The molecule has 3 N–H and O–H groups in total. The quantitative estimate of drug-likeness (QED) is 0.624. The molecule has 1 saturated carbocycles. The van der Waals surface area contributed by atoms with Gasteiger partial charge in [-0.15, -0.1) is 0 Å². The Kier molecular flexibility index (Phi) is 7.06. The first-order chi connectivity index (χ1) is 7.68. The fourth-order valence-corrected chi connectivity index (χ4v) is 2.54. The highest BCUT2D eigenvalue weighted by molar-refractivity contribution is 4.82. The van der Waals surface area contributed by atoms with Crippen molar-refractivity contribution in [2.45, 2.75) is 77.3 Å². The smallest absolute Gasteiger partial charge is 0.00823 e. The number of rotatable bonds is 8. The summed E-state index contributed by atoms with van der Waals surface area (Å²) in [6.07, 6.45) is 10.6. The van der Waals surface area contributed by atoms with E-state index in [1.165, 1.54) is 57.9 Å². The zero-order valence-corrected chi connectivity index (χ0v) is 11.2. The van der Waals surface area contributed by atoms with Gasteiger partial charge in [0, 0.05) is 12.1 Å². The summed E-state index contributed by atoms with van der Waals surface area (Å²) in [5, 5.41) is 3.63. The molecule has 0 radical (unpaired) electrons. The van der Waals surface area contributed by atoms with Gasteiger partial charge in [-0.05, 0) is 38.1 Å². The number of hydrogen-bond acceptors (Lipinski definition) is 2. The predicted molar refractivity (Wildman–Crippen MR) is 71.5 cm³/mol. The zero-order chi connectivity index (χ0) is 11.8. The van der Waals surface area contributed by atoms with Crippen molar-refractivity contribution < 1.29 is 0 Å². The van der Waals surface area contributed by atoms with Crippen LogP contribution in [0, 0.1) is 5.92 Å². The molecular formula is C14H30N2. The van der Waals surface area contributed by atoms with E-state index in [0.29, 0.717) is 12.1 Å². The van der Waals surface area contributed by atoms with Crippen LogP contribution in [-0.2, 0) is 0 Å². The van der Waals surface area contributed by atoms with Gasteiger partial charge in [-0.25, -0.2) is 0 Å². The minimum absolute atomic E-state index is 0.462. The van der Waals surface area contributed by atoms with Crippen molar-refractivity contribution in [3.63, 3.8) is 0 Å². The van der Waals surface area contributed by atoms with Crippen LogP contribution in [0.3, 0.4) is 0 Å². The number of nitrogens with two attached hydrogens (primary N) is 1. The molecule has 0 aromatic heterocycles. The Balaban J connectivity index is 1.81. The van der Waals surface area contributed by atoms with E-state index < -0.39 is 0 Å². The van der Waals surface area contributed by atoms with Gasteiger partial charge in [-0.2, -0.15) is 0 Å². The van der Waals surface area contributed by atoms with Crippen molar-refractivity contribution in [2.75, 3.05) is 6.54 Å². The lowest BCUT2D eigenvalue weighted by molar-refractivity contribution is 0.480. The SMILES string of the molecule is CC(C)CCCCCCNC1CCC(N)C1. The van der Waals surface area contributed by atoms with Gasteiger partial charge >= 0.3 is 0 Å². The summed E-state index contributed by atoms with van der Waals surface area (Å²) < 4.78 is 0. The summed E-state index contributed by atoms with van der Waals surface area (Å²) in [6, 6.07) is 1.18. The molecule has 2 nitrogen and oxygen atoms in total. The summed E-state index contributed by atoms with van der Waals surface area (Å²) in [5.41, 5.74) is 5.88. The molecule has 0 heterocycles. The van der Waals surface area contributed by atoms with E-state index >= 15 is 0 Å². The summed E-state index contributed by atoms with van der Waals surface area (Å²) in [7, 11) is 0. The Hall–Kier alpha value is -0.0800. The Morgan fingerprint density at radius 3 is 2.50 bits per heavy atom. The van der Waals surface area contributed by atoms with Crippen molar-refractivity contribution in [3.8, 4) is 0 Å². The zero-order valence-electron chi connectivity index (χ0n) is 11.2. The molecule has 1 aliphatic rings. The second kappa shape index (κ2) is 8.08. The normalized spacial score (nSPS) is 25.5. The molecule has 16 heavy (non-hydrogen) atoms. The van der Waals surface area contributed by atoms with Crippen LogP contribution in [0.1, 0.15) is 65.2 Å². The Bertz CT molecular complexity index is 168. The average Bonchev–Trinajstić information content (AvgIpc) is 2.62. The van der Waals surface area contributed by atoms with E-state index in [4.69, 9.17) is 5.73 Å². The molecular weight excluding hydrogens is 196 g/mol. The second-order valence-electron chi connectivity index (χ2n) is 5.82. The summed E-state index contributed by atoms with van der Waals surface area (Å²) in [4.78, 5) is 0. The van der Waals surface area contributed by atoms with Gasteiger partial charge in [0.05, 0.1) is 0 Å². The van der Waals surface area contributed by atoms with E-state index in [1.54, 1.807) is 0 Å². The molecule has 0 bridgehead atoms. The Morgan fingerprint density at radius 1 is 1.12 bits per heavy atom. The Labute approximate surface area is 101 Å². The third-order valence-corrected chi connectivity index (χ3v) is 3.61.